The quantitative estimate of drug-likeness (QED) is 0.752. The fraction of sp³-hybridized carbons (Fsp3) is 0.400. The van der Waals surface area contributed by atoms with Gasteiger partial charge in [-0.2, -0.15) is 0 Å². The van der Waals surface area contributed by atoms with Crippen LogP contribution in [-0.2, 0) is 4.79 Å². The highest BCUT2D eigenvalue weighted by Crippen LogP contribution is 2.19. The van der Waals surface area contributed by atoms with Crippen molar-refractivity contribution in [2.45, 2.75) is 25.4 Å². The third kappa shape index (κ3) is 2.81. The van der Waals surface area contributed by atoms with Crippen LogP contribution in [0, 0.1) is 0 Å². The largest absolute Gasteiger partial charge is 0.481 e. The number of aromatic nitrogens is 1. The van der Waals surface area contributed by atoms with E-state index in [0.717, 1.165) is 0 Å². The predicted octanol–water partition coefficient (Wildman–Crippen LogP) is 1.02. The maximum Gasteiger partial charge on any atom is 0.312 e. The van der Waals surface area contributed by atoms with Crippen molar-refractivity contribution in [3.05, 3.63) is 30.1 Å². The van der Waals surface area contributed by atoms with E-state index < -0.39 is 18.0 Å². The molecule has 2 N–H and O–H groups in total. The molecule has 0 saturated heterocycles. The zero-order valence-electron chi connectivity index (χ0n) is 7.92. The smallest absolute Gasteiger partial charge is 0.312 e. The Hall–Kier alpha value is -1.42. The lowest BCUT2D eigenvalue weighted by Gasteiger charge is -2.12. The molecule has 1 aromatic rings. The summed E-state index contributed by atoms with van der Waals surface area (Å²) in [4.78, 5) is 14.8. The Morgan fingerprint density at radius 2 is 2.29 bits per heavy atom. The zero-order chi connectivity index (χ0) is 10.6. The lowest BCUT2D eigenvalue weighted by molar-refractivity contribution is -0.139. The Labute approximate surface area is 82.2 Å². The van der Waals surface area contributed by atoms with Gasteiger partial charge in [0.1, 0.15) is 5.92 Å². The molecule has 0 aliphatic carbocycles. The molecule has 1 aromatic heterocycles. The van der Waals surface area contributed by atoms with Crippen molar-refractivity contribution >= 4 is 5.97 Å². The molecule has 0 radical (unpaired) electrons. The van der Waals surface area contributed by atoms with Crippen molar-refractivity contribution < 1.29 is 15.0 Å². The molecule has 4 nitrogen and oxygen atoms in total. The second-order valence-electron chi connectivity index (χ2n) is 3.23. The molecular weight excluding hydrogens is 182 g/mol. The summed E-state index contributed by atoms with van der Waals surface area (Å²) < 4.78 is 0. The molecular formula is C10H13NO3. The summed E-state index contributed by atoms with van der Waals surface area (Å²) in [6.45, 7) is 1.57. The van der Waals surface area contributed by atoms with Crippen LogP contribution in [0.4, 0.5) is 0 Å². The molecule has 76 valence electrons. The highest BCUT2D eigenvalue weighted by atomic mass is 16.4. The first-order chi connectivity index (χ1) is 6.61. The number of carboxylic acid groups (broad SMARTS) is 1. The number of aliphatic hydroxyl groups excluding tert-OH is 1. The molecule has 0 fully saturated rings. The fourth-order valence-corrected chi connectivity index (χ4v) is 1.27. The maximum absolute atomic E-state index is 10.9. The Balaban J connectivity index is 2.84. The summed E-state index contributed by atoms with van der Waals surface area (Å²) in [5.41, 5.74) is 0.487. The summed E-state index contributed by atoms with van der Waals surface area (Å²) in [6.07, 6.45) is 1.10. The van der Waals surface area contributed by atoms with E-state index in [1.54, 1.807) is 31.3 Å². The van der Waals surface area contributed by atoms with E-state index in [2.05, 4.69) is 4.98 Å². The van der Waals surface area contributed by atoms with Crippen LogP contribution in [-0.4, -0.2) is 27.3 Å². The van der Waals surface area contributed by atoms with Gasteiger partial charge in [0, 0.05) is 6.20 Å². The van der Waals surface area contributed by atoms with Crippen LogP contribution in [0.5, 0.6) is 0 Å². The number of carboxylic acids is 1. The highest BCUT2D eigenvalue weighted by Gasteiger charge is 2.22. The van der Waals surface area contributed by atoms with Gasteiger partial charge in [0.2, 0.25) is 0 Å². The molecule has 0 bridgehead atoms. The zero-order valence-corrected chi connectivity index (χ0v) is 7.92. The summed E-state index contributed by atoms with van der Waals surface area (Å²) in [5.74, 6) is -1.68. The molecule has 1 rings (SSSR count). The molecule has 1 heterocycles. The van der Waals surface area contributed by atoms with Crippen LogP contribution >= 0.6 is 0 Å². The average Bonchev–Trinajstić information content (AvgIpc) is 2.15. The molecule has 2 unspecified atom stereocenters. The van der Waals surface area contributed by atoms with Gasteiger partial charge in [-0.1, -0.05) is 6.07 Å². The molecule has 14 heavy (non-hydrogen) atoms. The average molecular weight is 195 g/mol. The third-order valence-electron chi connectivity index (χ3n) is 1.92. The SMILES string of the molecule is CC(O)CC(C(=O)O)c1ccccn1. The minimum atomic E-state index is -0.954. The van der Waals surface area contributed by atoms with Gasteiger partial charge in [-0.05, 0) is 25.5 Å². The van der Waals surface area contributed by atoms with Crippen molar-refractivity contribution in [3.8, 4) is 0 Å². The minimum absolute atomic E-state index is 0.187. The number of nitrogens with zero attached hydrogens (tertiary/aromatic N) is 1. The molecule has 0 aliphatic rings. The van der Waals surface area contributed by atoms with Crippen LogP contribution in [0.2, 0.25) is 0 Å². The number of aliphatic hydroxyl groups is 1. The Kier molecular flexibility index (Phi) is 3.59. The third-order valence-corrected chi connectivity index (χ3v) is 1.92. The lowest BCUT2D eigenvalue weighted by Crippen LogP contribution is -2.18. The minimum Gasteiger partial charge on any atom is -0.481 e. The van der Waals surface area contributed by atoms with E-state index in [1.165, 1.54) is 0 Å². The summed E-state index contributed by atoms with van der Waals surface area (Å²) >= 11 is 0. The lowest BCUT2D eigenvalue weighted by atomic mass is 9.98. The topological polar surface area (TPSA) is 70.4 Å². The van der Waals surface area contributed by atoms with Crippen molar-refractivity contribution in [1.82, 2.24) is 4.98 Å². The standard InChI is InChI=1S/C10H13NO3/c1-7(12)6-8(10(13)14)9-4-2-3-5-11-9/h2-5,7-8,12H,6H2,1H3,(H,13,14). The predicted molar refractivity (Wildman–Crippen MR) is 50.9 cm³/mol. The number of carbonyl (C=O) groups is 1. The van der Waals surface area contributed by atoms with Gasteiger partial charge in [0.25, 0.3) is 0 Å². The number of aliphatic carboxylic acids is 1. The van der Waals surface area contributed by atoms with Crippen molar-refractivity contribution in [2.24, 2.45) is 0 Å². The van der Waals surface area contributed by atoms with Gasteiger partial charge < -0.3 is 10.2 Å². The van der Waals surface area contributed by atoms with Crippen LogP contribution in [0.15, 0.2) is 24.4 Å². The van der Waals surface area contributed by atoms with E-state index in [-0.39, 0.29) is 6.42 Å². The molecule has 0 saturated carbocycles. The second-order valence-corrected chi connectivity index (χ2v) is 3.23. The Bertz CT molecular complexity index is 297. The first-order valence-corrected chi connectivity index (χ1v) is 4.43. The van der Waals surface area contributed by atoms with E-state index >= 15 is 0 Å². The van der Waals surface area contributed by atoms with Crippen LogP contribution in [0.1, 0.15) is 25.0 Å². The van der Waals surface area contributed by atoms with Crippen LogP contribution in [0.25, 0.3) is 0 Å². The maximum atomic E-state index is 10.9. The van der Waals surface area contributed by atoms with Crippen LogP contribution in [0.3, 0.4) is 0 Å². The van der Waals surface area contributed by atoms with Gasteiger partial charge in [0.15, 0.2) is 0 Å². The van der Waals surface area contributed by atoms with Gasteiger partial charge in [-0.3, -0.25) is 9.78 Å². The summed E-state index contributed by atoms with van der Waals surface area (Å²) in [5, 5.41) is 18.1. The van der Waals surface area contributed by atoms with E-state index in [9.17, 15) is 4.79 Å². The first-order valence-electron chi connectivity index (χ1n) is 4.43. The Morgan fingerprint density at radius 1 is 1.57 bits per heavy atom. The monoisotopic (exact) mass is 195 g/mol. The molecule has 0 aliphatic heterocycles. The van der Waals surface area contributed by atoms with Crippen LogP contribution < -0.4 is 0 Å². The normalized spacial score (nSPS) is 14.7. The van der Waals surface area contributed by atoms with Gasteiger partial charge in [0.05, 0.1) is 11.8 Å². The van der Waals surface area contributed by atoms with Crippen molar-refractivity contribution in [1.29, 1.82) is 0 Å². The molecule has 0 amide bonds. The van der Waals surface area contributed by atoms with Crippen molar-refractivity contribution in [3.63, 3.8) is 0 Å². The van der Waals surface area contributed by atoms with Crippen molar-refractivity contribution in [2.75, 3.05) is 0 Å². The van der Waals surface area contributed by atoms with Gasteiger partial charge in [-0.25, -0.2) is 0 Å². The van der Waals surface area contributed by atoms with Gasteiger partial charge >= 0.3 is 5.97 Å². The first kappa shape index (κ1) is 10.7. The molecule has 4 heteroatoms. The molecule has 2 atom stereocenters. The number of rotatable bonds is 4. The van der Waals surface area contributed by atoms with Gasteiger partial charge in [-0.15, -0.1) is 0 Å². The highest BCUT2D eigenvalue weighted by molar-refractivity contribution is 5.75. The number of hydrogen-bond acceptors (Lipinski definition) is 3. The summed E-state index contributed by atoms with van der Waals surface area (Å²) in [7, 11) is 0. The van der Waals surface area contributed by atoms with E-state index in [4.69, 9.17) is 10.2 Å². The Morgan fingerprint density at radius 3 is 2.71 bits per heavy atom. The molecule has 0 spiro atoms. The van der Waals surface area contributed by atoms with E-state index in [1.807, 2.05) is 0 Å². The molecule has 0 aromatic carbocycles. The fourth-order valence-electron chi connectivity index (χ4n) is 1.27. The summed E-state index contributed by atoms with van der Waals surface area (Å²) in [6, 6.07) is 5.12. The number of hydrogen-bond donors (Lipinski definition) is 2. The number of pyridine rings is 1. The van der Waals surface area contributed by atoms with E-state index in [0.29, 0.717) is 5.69 Å². The second kappa shape index (κ2) is 4.72.